The van der Waals surface area contributed by atoms with Crippen molar-refractivity contribution < 1.29 is 4.79 Å². The van der Waals surface area contributed by atoms with Gasteiger partial charge in [0.25, 0.3) is 5.91 Å². The predicted molar refractivity (Wildman–Crippen MR) is 68.7 cm³/mol. The summed E-state index contributed by atoms with van der Waals surface area (Å²) in [4.78, 5) is 14.2. The van der Waals surface area contributed by atoms with Crippen LogP contribution in [0.4, 0.5) is 5.69 Å². The highest BCUT2D eigenvalue weighted by molar-refractivity contribution is 5.96. The zero-order chi connectivity index (χ0) is 12.3. The van der Waals surface area contributed by atoms with Gasteiger partial charge in [0.1, 0.15) is 0 Å². The number of aryl methyl sites for hydroxylation is 1. The Kier molecular flexibility index (Phi) is 3.64. The lowest BCUT2D eigenvalue weighted by Crippen LogP contribution is -2.35. The highest BCUT2D eigenvalue weighted by atomic mass is 16.2. The van der Waals surface area contributed by atoms with Crippen LogP contribution in [0.25, 0.3) is 0 Å². The van der Waals surface area contributed by atoms with Crippen LogP contribution in [-0.2, 0) is 0 Å². The maximum atomic E-state index is 12.3. The third-order valence-electron chi connectivity index (χ3n) is 3.27. The number of hydrazine groups is 1. The van der Waals surface area contributed by atoms with Gasteiger partial charge in [-0.05, 0) is 49.9 Å². The van der Waals surface area contributed by atoms with Gasteiger partial charge in [0, 0.05) is 24.3 Å². The summed E-state index contributed by atoms with van der Waals surface area (Å²) in [6, 6.07) is 5.59. The highest BCUT2D eigenvalue weighted by Gasteiger charge is 2.19. The molecule has 0 bridgehead atoms. The summed E-state index contributed by atoms with van der Waals surface area (Å²) in [6.07, 6.45) is 3.47. The van der Waals surface area contributed by atoms with Crippen molar-refractivity contribution in [2.24, 2.45) is 5.84 Å². The zero-order valence-corrected chi connectivity index (χ0v) is 10.2. The van der Waals surface area contributed by atoms with Crippen LogP contribution in [0.15, 0.2) is 18.2 Å². The lowest BCUT2D eigenvalue weighted by atomic mass is 10.0. The highest BCUT2D eigenvalue weighted by Crippen LogP contribution is 2.18. The molecule has 1 amide bonds. The van der Waals surface area contributed by atoms with Crippen molar-refractivity contribution in [3.05, 3.63) is 29.3 Å². The first kappa shape index (κ1) is 11.9. The average Bonchev–Trinajstić information content (AvgIpc) is 2.39. The van der Waals surface area contributed by atoms with Crippen molar-refractivity contribution in [3.63, 3.8) is 0 Å². The third-order valence-corrected chi connectivity index (χ3v) is 3.27. The first-order chi connectivity index (χ1) is 8.22. The molecule has 1 heterocycles. The van der Waals surface area contributed by atoms with Crippen LogP contribution < -0.4 is 11.3 Å². The van der Waals surface area contributed by atoms with E-state index in [0.29, 0.717) is 0 Å². The second-order valence-electron chi connectivity index (χ2n) is 4.53. The van der Waals surface area contributed by atoms with Crippen molar-refractivity contribution in [2.45, 2.75) is 26.2 Å². The summed E-state index contributed by atoms with van der Waals surface area (Å²) in [5, 5.41) is 0. The summed E-state index contributed by atoms with van der Waals surface area (Å²) in [5.41, 5.74) is 5.17. The topological polar surface area (TPSA) is 58.4 Å². The van der Waals surface area contributed by atoms with Gasteiger partial charge < -0.3 is 10.3 Å². The Hall–Kier alpha value is -1.55. The van der Waals surface area contributed by atoms with Gasteiger partial charge in [-0.15, -0.1) is 0 Å². The monoisotopic (exact) mass is 233 g/mol. The molecule has 0 aromatic heterocycles. The number of carbonyl (C=O) groups excluding carboxylic acids is 1. The summed E-state index contributed by atoms with van der Waals surface area (Å²) in [6.45, 7) is 3.71. The third kappa shape index (κ3) is 2.58. The number of nitrogens with two attached hydrogens (primary N) is 1. The van der Waals surface area contributed by atoms with Crippen LogP contribution in [0.3, 0.4) is 0 Å². The molecule has 0 aliphatic carbocycles. The minimum absolute atomic E-state index is 0.144. The van der Waals surface area contributed by atoms with Gasteiger partial charge in [0.15, 0.2) is 0 Å². The van der Waals surface area contributed by atoms with E-state index in [1.807, 2.05) is 30.0 Å². The van der Waals surface area contributed by atoms with Gasteiger partial charge in [-0.25, -0.2) is 0 Å². The van der Waals surface area contributed by atoms with E-state index < -0.39 is 0 Å². The number of nitrogens with one attached hydrogen (secondary N) is 1. The van der Waals surface area contributed by atoms with E-state index in [2.05, 4.69) is 5.43 Å². The van der Waals surface area contributed by atoms with Crippen LogP contribution >= 0.6 is 0 Å². The first-order valence-corrected chi connectivity index (χ1v) is 6.09. The number of amides is 1. The molecule has 17 heavy (non-hydrogen) atoms. The van der Waals surface area contributed by atoms with E-state index in [0.717, 1.165) is 42.7 Å². The fourth-order valence-corrected chi connectivity index (χ4v) is 2.26. The molecule has 1 aromatic carbocycles. The summed E-state index contributed by atoms with van der Waals surface area (Å²) in [7, 11) is 0. The first-order valence-electron chi connectivity index (χ1n) is 6.09. The van der Waals surface area contributed by atoms with E-state index in [-0.39, 0.29) is 5.91 Å². The lowest BCUT2D eigenvalue weighted by Gasteiger charge is -2.27. The second-order valence-corrected chi connectivity index (χ2v) is 4.53. The number of likely N-dealkylation sites (tertiary alicyclic amines) is 1. The van der Waals surface area contributed by atoms with E-state index in [9.17, 15) is 4.79 Å². The zero-order valence-electron chi connectivity index (χ0n) is 10.2. The van der Waals surface area contributed by atoms with Crippen LogP contribution in [0.1, 0.15) is 35.2 Å². The Morgan fingerprint density at radius 2 is 2.00 bits per heavy atom. The molecule has 3 N–H and O–H groups in total. The Labute approximate surface area is 102 Å². The van der Waals surface area contributed by atoms with Crippen LogP contribution in [0.2, 0.25) is 0 Å². The molecule has 1 aromatic rings. The van der Waals surface area contributed by atoms with Crippen molar-refractivity contribution >= 4 is 11.6 Å². The standard InChI is InChI=1S/C13H19N3O/c1-10-9-11(15-14)5-6-12(10)13(17)16-7-3-2-4-8-16/h5-6,9,15H,2-4,7-8,14H2,1H3. The van der Waals surface area contributed by atoms with Crippen LogP contribution in [-0.4, -0.2) is 23.9 Å². The number of nitrogens with zero attached hydrogens (tertiary/aromatic N) is 1. The van der Waals surface area contributed by atoms with Gasteiger partial charge in [-0.1, -0.05) is 0 Å². The number of piperidine rings is 1. The van der Waals surface area contributed by atoms with Crippen LogP contribution in [0.5, 0.6) is 0 Å². The van der Waals surface area contributed by atoms with E-state index in [4.69, 9.17) is 5.84 Å². The van der Waals surface area contributed by atoms with Crippen molar-refractivity contribution in [3.8, 4) is 0 Å². The molecule has 4 heteroatoms. The molecular weight excluding hydrogens is 214 g/mol. The van der Waals surface area contributed by atoms with Crippen molar-refractivity contribution in [1.82, 2.24) is 4.90 Å². The molecule has 4 nitrogen and oxygen atoms in total. The fraction of sp³-hybridized carbons (Fsp3) is 0.462. The average molecular weight is 233 g/mol. The van der Waals surface area contributed by atoms with Crippen LogP contribution in [0, 0.1) is 6.92 Å². The van der Waals surface area contributed by atoms with Gasteiger partial charge in [-0.3, -0.25) is 10.6 Å². The van der Waals surface area contributed by atoms with E-state index in [1.54, 1.807) is 0 Å². The number of hydrogen-bond acceptors (Lipinski definition) is 3. The number of benzene rings is 1. The molecule has 1 saturated heterocycles. The summed E-state index contributed by atoms with van der Waals surface area (Å²) < 4.78 is 0. The molecule has 2 rings (SSSR count). The number of carbonyl (C=O) groups is 1. The fourth-order valence-electron chi connectivity index (χ4n) is 2.26. The Morgan fingerprint density at radius 3 is 2.59 bits per heavy atom. The largest absolute Gasteiger partial charge is 0.339 e. The Balaban J connectivity index is 2.18. The molecule has 1 aliphatic rings. The number of rotatable bonds is 2. The van der Waals surface area contributed by atoms with Gasteiger partial charge in [-0.2, -0.15) is 0 Å². The summed E-state index contributed by atoms with van der Waals surface area (Å²) >= 11 is 0. The number of hydrogen-bond donors (Lipinski definition) is 2. The maximum absolute atomic E-state index is 12.3. The quantitative estimate of drug-likeness (QED) is 0.606. The van der Waals surface area contributed by atoms with Gasteiger partial charge >= 0.3 is 0 Å². The molecule has 0 saturated carbocycles. The molecular formula is C13H19N3O. The molecule has 0 atom stereocenters. The molecule has 0 radical (unpaired) electrons. The molecule has 1 aliphatic heterocycles. The Morgan fingerprint density at radius 1 is 1.29 bits per heavy atom. The van der Waals surface area contributed by atoms with Crippen molar-refractivity contribution in [1.29, 1.82) is 0 Å². The van der Waals surface area contributed by atoms with Gasteiger partial charge in [0.2, 0.25) is 0 Å². The molecule has 0 unspecified atom stereocenters. The lowest BCUT2D eigenvalue weighted by molar-refractivity contribution is 0.0723. The molecule has 92 valence electrons. The normalized spacial score (nSPS) is 15.8. The number of nitrogen functional groups attached to an aromatic ring is 1. The molecule has 0 spiro atoms. The minimum Gasteiger partial charge on any atom is -0.339 e. The smallest absolute Gasteiger partial charge is 0.254 e. The number of anilines is 1. The predicted octanol–water partition coefficient (Wildman–Crippen LogP) is 1.91. The maximum Gasteiger partial charge on any atom is 0.254 e. The SMILES string of the molecule is Cc1cc(NN)ccc1C(=O)N1CCCCC1. The van der Waals surface area contributed by atoms with Gasteiger partial charge in [0.05, 0.1) is 0 Å². The van der Waals surface area contributed by atoms with Crippen molar-refractivity contribution in [2.75, 3.05) is 18.5 Å². The Bertz CT molecular complexity index is 411. The summed E-state index contributed by atoms with van der Waals surface area (Å²) in [5.74, 6) is 5.49. The van der Waals surface area contributed by atoms with E-state index >= 15 is 0 Å². The minimum atomic E-state index is 0.144. The second kappa shape index (κ2) is 5.19. The molecule has 1 fully saturated rings. The van der Waals surface area contributed by atoms with E-state index in [1.165, 1.54) is 6.42 Å².